The Morgan fingerprint density at radius 1 is 1.11 bits per heavy atom. The summed E-state index contributed by atoms with van der Waals surface area (Å²) < 4.78 is 27.5. The van der Waals surface area contributed by atoms with Gasteiger partial charge in [-0.15, -0.1) is 0 Å². The molecule has 0 spiro atoms. The molecule has 6 nitrogen and oxygen atoms in total. The lowest BCUT2D eigenvalue weighted by Gasteiger charge is -2.40. The number of nitriles is 1. The van der Waals surface area contributed by atoms with Crippen molar-refractivity contribution in [3.05, 3.63) is 65.7 Å². The number of piperazine rings is 1. The molecule has 148 valence electrons. The van der Waals surface area contributed by atoms with Crippen LogP contribution < -0.4 is 4.72 Å². The van der Waals surface area contributed by atoms with Gasteiger partial charge in [0.1, 0.15) is 0 Å². The van der Waals surface area contributed by atoms with Gasteiger partial charge in [0.05, 0.1) is 16.5 Å². The quantitative estimate of drug-likeness (QED) is 0.724. The van der Waals surface area contributed by atoms with Crippen molar-refractivity contribution in [3.8, 4) is 6.07 Å². The maximum atomic E-state index is 12.4. The first-order valence-corrected chi connectivity index (χ1v) is 11.0. The van der Waals surface area contributed by atoms with Crippen molar-refractivity contribution in [2.24, 2.45) is 0 Å². The zero-order valence-corrected chi connectivity index (χ0v) is 16.9. The molecule has 7 heteroatoms. The minimum atomic E-state index is -3.55. The number of nitrogens with one attached hydrogen (secondary N) is 1. The number of rotatable bonds is 7. The lowest BCUT2D eigenvalue weighted by molar-refractivity contribution is 0.0892. The summed E-state index contributed by atoms with van der Waals surface area (Å²) in [6, 6.07) is 18.8. The molecule has 1 aliphatic heterocycles. The second kappa shape index (κ2) is 9.30. The normalized spacial score (nSPS) is 18.6. The highest BCUT2D eigenvalue weighted by atomic mass is 32.2. The van der Waals surface area contributed by atoms with E-state index in [-0.39, 0.29) is 4.90 Å². The number of hydrogen-bond donors (Lipinski definition) is 1. The SMILES string of the molecule is CN1CCN(CCCNS(=O)(=O)c2ccc(C#N)cc2)C(c2ccccc2)C1. The van der Waals surface area contributed by atoms with Crippen LogP contribution in [0, 0.1) is 11.3 Å². The summed E-state index contributed by atoms with van der Waals surface area (Å²) in [7, 11) is -1.41. The third kappa shape index (κ3) is 5.18. The molecule has 0 radical (unpaired) electrons. The first-order chi connectivity index (χ1) is 13.5. The zero-order valence-electron chi connectivity index (χ0n) is 16.1. The van der Waals surface area contributed by atoms with Gasteiger partial charge >= 0.3 is 0 Å². The first kappa shape index (κ1) is 20.5. The van der Waals surface area contributed by atoms with Crippen molar-refractivity contribution in [1.82, 2.24) is 14.5 Å². The van der Waals surface area contributed by atoms with Crippen molar-refractivity contribution in [2.45, 2.75) is 17.4 Å². The summed E-state index contributed by atoms with van der Waals surface area (Å²) in [5.74, 6) is 0. The highest BCUT2D eigenvalue weighted by Gasteiger charge is 2.26. The van der Waals surface area contributed by atoms with Crippen LogP contribution in [0.15, 0.2) is 59.5 Å². The average Bonchev–Trinajstić information content (AvgIpc) is 2.72. The van der Waals surface area contributed by atoms with Gasteiger partial charge in [-0.3, -0.25) is 4.90 Å². The third-order valence-corrected chi connectivity index (χ3v) is 6.56. The van der Waals surface area contributed by atoms with Gasteiger partial charge in [0.25, 0.3) is 0 Å². The molecule has 1 heterocycles. The second-order valence-corrected chi connectivity index (χ2v) is 8.88. The standard InChI is InChI=1S/C21H26N4O2S/c1-24-14-15-25(21(17-24)19-6-3-2-4-7-19)13-5-12-23-28(26,27)20-10-8-18(16-22)9-11-20/h2-4,6-11,21,23H,5,12-15,17H2,1H3. The van der Waals surface area contributed by atoms with Crippen molar-refractivity contribution in [3.63, 3.8) is 0 Å². The summed E-state index contributed by atoms with van der Waals surface area (Å²) in [5.41, 5.74) is 1.74. The van der Waals surface area contributed by atoms with E-state index >= 15 is 0 Å². The van der Waals surface area contributed by atoms with Gasteiger partial charge in [-0.1, -0.05) is 30.3 Å². The summed E-state index contributed by atoms with van der Waals surface area (Å²) in [4.78, 5) is 4.96. The van der Waals surface area contributed by atoms with Crippen LogP contribution in [-0.4, -0.2) is 58.0 Å². The smallest absolute Gasteiger partial charge is 0.240 e. The predicted octanol–water partition coefficient (Wildman–Crippen LogP) is 2.22. The Morgan fingerprint density at radius 2 is 1.82 bits per heavy atom. The minimum absolute atomic E-state index is 0.188. The van der Waals surface area contributed by atoms with E-state index in [1.54, 1.807) is 0 Å². The fourth-order valence-electron chi connectivity index (χ4n) is 3.50. The van der Waals surface area contributed by atoms with Crippen LogP contribution in [0.2, 0.25) is 0 Å². The van der Waals surface area contributed by atoms with Crippen molar-refractivity contribution in [2.75, 3.05) is 39.8 Å². The Bertz CT molecular complexity index is 908. The Balaban J connectivity index is 1.55. The molecule has 2 aromatic carbocycles. The van der Waals surface area contributed by atoms with Gasteiger partial charge in [-0.25, -0.2) is 13.1 Å². The van der Waals surface area contributed by atoms with Crippen molar-refractivity contribution < 1.29 is 8.42 Å². The fourth-order valence-corrected chi connectivity index (χ4v) is 4.57. The van der Waals surface area contributed by atoms with Gasteiger partial charge in [0.2, 0.25) is 10.0 Å². The Kier molecular flexibility index (Phi) is 6.81. The van der Waals surface area contributed by atoms with Gasteiger partial charge in [-0.05, 0) is 43.3 Å². The highest BCUT2D eigenvalue weighted by Crippen LogP contribution is 2.24. The van der Waals surface area contributed by atoms with Crippen LogP contribution in [0.1, 0.15) is 23.6 Å². The maximum absolute atomic E-state index is 12.4. The summed E-state index contributed by atoms with van der Waals surface area (Å²) in [6.45, 7) is 4.18. The van der Waals surface area contributed by atoms with Gasteiger partial charge in [0, 0.05) is 38.8 Å². The topological polar surface area (TPSA) is 76.4 Å². The Morgan fingerprint density at radius 3 is 2.50 bits per heavy atom. The van der Waals surface area contributed by atoms with Crippen LogP contribution in [0.25, 0.3) is 0 Å². The largest absolute Gasteiger partial charge is 0.303 e. The van der Waals surface area contributed by atoms with Crippen LogP contribution >= 0.6 is 0 Å². The molecule has 1 atom stereocenters. The zero-order chi connectivity index (χ0) is 20.0. The molecule has 1 saturated heterocycles. The molecule has 1 unspecified atom stereocenters. The van der Waals surface area contributed by atoms with Crippen molar-refractivity contribution >= 4 is 10.0 Å². The third-order valence-electron chi connectivity index (χ3n) is 5.09. The van der Waals surface area contributed by atoms with E-state index in [0.29, 0.717) is 18.2 Å². The van der Waals surface area contributed by atoms with Crippen LogP contribution in [-0.2, 0) is 10.0 Å². The number of hydrogen-bond acceptors (Lipinski definition) is 5. The highest BCUT2D eigenvalue weighted by molar-refractivity contribution is 7.89. The molecular formula is C21H26N4O2S. The minimum Gasteiger partial charge on any atom is -0.303 e. The Labute approximate surface area is 167 Å². The lowest BCUT2D eigenvalue weighted by atomic mass is 10.0. The monoisotopic (exact) mass is 398 g/mol. The summed E-state index contributed by atoms with van der Waals surface area (Å²) >= 11 is 0. The van der Waals surface area contributed by atoms with E-state index < -0.39 is 10.0 Å². The van der Waals surface area contributed by atoms with Crippen LogP contribution in [0.4, 0.5) is 0 Å². The van der Waals surface area contributed by atoms with Gasteiger partial charge < -0.3 is 4.90 Å². The summed E-state index contributed by atoms with van der Waals surface area (Å²) in [5, 5.41) is 8.83. The molecule has 0 aromatic heterocycles. The maximum Gasteiger partial charge on any atom is 0.240 e. The fraction of sp³-hybridized carbons (Fsp3) is 0.381. The molecular weight excluding hydrogens is 372 g/mol. The van der Waals surface area contributed by atoms with E-state index in [2.05, 4.69) is 45.8 Å². The summed E-state index contributed by atoms with van der Waals surface area (Å²) in [6.07, 6.45) is 0.739. The molecule has 1 N–H and O–H groups in total. The van der Waals surface area contributed by atoms with Crippen LogP contribution in [0.3, 0.4) is 0 Å². The lowest BCUT2D eigenvalue weighted by Crippen LogP contribution is -2.47. The molecule has 1 fully saturated rings. The molecule has 3 rings (SSSR count). The molecule has 0 amide bonds. The predicted molar refractivity (Wildman–Crippen MR) is 109 cm³/mol. The molecule has 28 heavy (non-hydrogen) atoms. The number of nitrogens with zero attached hydrogens (tertiary/aromatic N) is 3. The van der Waals surface area contributed by atoms with E-state index in [1.807, 2.05) is 12.1 Å². The van der Waals surface area contributed by atoms with E-state index in [9.17, 15) is 8.42 Å². The van der Waals surface area contributed by atoms with E-state index in [1.165, 1.54) is 29.8 Å². The van der Waals surface area contributed by atoms with E-state index in [4.69, 9.17) is 5.26 Å². The molecule has 1 aliphatic rings. The molecule has 0 aliphatic carbocycles. The molecule has 0 bridgehead atoms. The number of benzene rings is 2. The van der Waals surface area contributed by atoms with Crippen LogP contribution in [0.5, 0.6) is 0 Å². The second-order valence-electron chi connectivity index (χ2n) is 7.11. The number of sulfonamides is 1. The van der Waals surface area contributed by atoms with Gasteiger partial charge in [-0.2, -0.15) is 5.26 Å². The molecule has 2 aromatic rings. The molecule has 0 saturated carbocycles. The van der Waals surface area contributed by atoms with E-state index in [0.717, 1.165) is 32.6 Å². The average molecular weight is 399 g/mol. The van der Waals surface area contributed by atoms with Crippen molar-refractivity contribution in [1.29, 1.82) is 5.26 Å². The first-order valence-electron chi connectivity index (χ1n) is 9.47. The number of likely N-dealkylation sites (N-methyl/N-ethyl adjacent to an activating group) is 1. The van der Waals surface area contributed by atoms with Gasteiger partial charge in [0.15, 0.2) is 0 Å². The Hall–Kier alpha value is -2.24.